The number of aromatic nitrogens is 2. The molecule has 5 nitrogen and oxygen atoms in total. The lowest BCUT2D eigenvalue weighted by atomic mass is 9.92. The van der Waals surface area contributed by atoms with Gasteiger partial charge in [0.2, 0.25) is 0 Å². The highest BCUT2D eigenvalue weighted by Crippen LogP contribution is 2.23. The van der Waals surface area contributed by atoms with Crippen LogP contribution in [0, 0.1) is 11.8 Å². The maximum absolute atomic E-state index is 12.0. The number of likely N-dealkylation sites (tertiary alicyclic amines) is 1. The summed E-state index contributed by atoms with van der Waals surface area (Å²) >= 11 is 0. The Morgan fingerprint density at radius 3 is 2.65 bits per heavy atom. The summed E-state index contributed by atoms with van der Waals surface area (Å²) in [7, 11) is 0. The van der Waals surface area contributed by atoms with Crippen molar-refractivity contribution in [1.29, 1.82) is 0 Å². The fourth-order valence-electron chi connectivity index (χ4n) is 3.48. The normalized spacial score (nSPS) is 23.7. The Hall–Kier alpha value is -1.20. The Morgan fingerprint density at radius 2 is 2.00 bits per heavy atom. The first kappa shape index (κ1) is 16.7. The summed E-state index contributed by atoms with van der Waals surface area (Å²) in [5.41, 5.74) is 0.965. The van der Waals surface area contributed by atoms with Crippen molar-refractivity contribution < 1.29 is 4.74 Å². The first-order valence-electron chi connectivity index (χ1n) is 8.80. The molecule has 2 fully saturated rings. The second-order valence-corrected chi connectivity index (χ2v) is 8.16. The van der Waals surface area contributed by atoms with E-state index in [9.17, 15) is 4.79 Å². The van der Waals surface area contributed by atoms with Gasteiger partial charge in [-0.25, -0.2) is 4.68 Å². The van der Waals surface area contributed by atoms with Crippen molar-refractivity contribution >= 4 is 0 Å². The molecule has 3 rings (SSSR count). The topological polar surface area (TPSA) is 47.4 Å². The van der Waals surface area contributed by atoms with Gasteiger partial charge in [0.15, 0.2) is 0 Å². The van der Waals surface area contributed by atoms with Crippen LogP contribution in [-0.4, -0.2) is 47.5 Å². The fraction of sp³-hybridized carbons (Fsp3) is 0.778. The molecule has 0 spiro atoms. The van der Waals surface area contributed by atoms with Crippen molar-refractivity contribution in [3.63, 3.8) is 0 Å². The van der Waals surface area contributed by atoms with Crippen molar-refractivity contribution in [3.05, 3.63) is 28.2 Å². The third kappa shape index (κ3) is 4.21. The van der Waals surface area contributed by atoms with Gasteiger partial charge in [-0.3, -0.25) is 4.79 Å². The predicted octanol–water partition coefficient (Wildman–Crippen LogP) is 1.90. The molecule has 0 aliphatic carbocycles. The van der Waals surface area contributed by atoms with E-state index >= 15 is 0 Å². The van der Waals surface area contributed by atoms with Crippen LogP contribution in [0.2, 0.25) is 0 Å². The second-order valence-electron chi connectivity index (χ2n) is 8.16. The van der Waals surface area contributed by atoms with Crippen molar-refractivity contribution in [3.8, 4) is 0 Å². The van der Waals surface area contributed by atoms with Crippen LogP contribution in [0.15, 0.2) is 16.9 Å². The number of nitrogens with zero attached hydrogens (tertiary/aromatic N) is 3. The van der Waals surface area contributed by atoms with E-state index in [2.05, 4.69) is 30.8 Å². The molecule has 0 bridgehead atoms. The minimum absolute atomic E-state index is 0.0112. The lowest BCUT2D eigenvalue weighted by Crippen LogP contribution is -2.51. The van der Waals surface area contributed by atoms with Gasteiger partial charge < -0.3 is 9.64 Å². The van der Waals surface area contributed by atoms with Crippen molar-refractivity contribution in [2.24, 2.45) is 11.8 Å². The van der Waals surface area contributed by atoms with Gasteiger partial charge in [0.1, 0.15) is 0 Å². The Bertz CT molecular complexity index is 579. The summed E-state index contributed by atoms with van der Waals surface area (Å²) < 4.78 is 7.21. The molecular weight excluding hydrogens is 290 g/mol. The van der Waals surface area contributed by atoms with E-state index in [4.69, 9.17) is 4.74 Å². The number of hydrogen-bond donors (Lipinski definition) is 0. The van der Waals surface area contributed by atoms with E-state index in [-0.39, 0.29) is 11.0 Å². The largest absolute Gasteiger partial charge is 0.381 e. The monoisotopic (exact) mass is 319 g/mol. The SMILES string of the molecule is CC(C)(C)c1ccc(=O)n(CC2CN(CC3CCCOC3)C2)n1. The summed E-state index contributed by atoms with van der Waals surface area (Å²) in [5, 5.41) is 4.57. The van der Waals surface area contributed by atoms with E-state index in [1.165, 1.54) is 12.8 Å². The average Bonchev–Trinajstić information content (AvgIpc) is 2.47. The Labute approximate surface area is 138 Å². The number of hydrogen-bond acceptors (Lipinski definition) is 4. The third-order valence-electron chi connectivity index (χ3n) is 4.87. The molecule has 0 saturated carbocycles. The van der Waals surface area contributed by atoms with E-state index in [1.54, 1.807) is 10.7 Å². The van der Waals surface area contributed by atoms with Gasteiger partial charge in [-0.1, -0.05) is 20.8 Å². The van der Waals surface area contributed by atoms with Gasteiger partial charge in [-0.15, -0.1) is 0 Å². The minimum Gasteiger partial charge on any atom is -0.381 e. The summed E-state index contributed by atoms with van der Waals surface area (Å²) in [6.07, 6.45) is 2.48. The second kappa shape index (κ2) is 6.73. The molecule has 1 unspecified atom stereocenters. The zero-order valence-electron chi connectivity index (χ0n) is 14.6. The van der Waals surface area contributed by atoms with E-state index < -0.39 is 0 Å². The molecule has 0 radical (unpaired) electrons. The van der Waals surface area contributed by atoms with Gasteiger partial charge in [-0.2, -0.15) is 5.10 Å². The Kier molecular flexibility index (Phi) is 4.87. The highest BCUT2D eigenvalue weighted by Gasteiger charge is 2.30. The van der Waals surface area contributed by atoms with Crippen LogP contribution in [0.3, 0.4) is 0 Å². The van der Waals surface area contributed by atoms with Crippen molar-refractivity contribution in [1.82, 2.24) is 14.7 Å². The summed E-state index contributed by atoms with van der Waals surface area (Å²) in [5.74, 6) is 1.23. The first-order valence-corrected chi connectivity index (χ1v) is 8.80. The molecule has 1 aromatic heterocycles. The minimum atomic E-state index is -0.0257. The molecule has 1 aromatic rings. The van der Waals surface area contributed by atoms with Gasteiger partial charge in [-0.05, 0) is 24.8 Å². The quantitative estimate of drug-likeness (QED) is 0.850. The molecule has 3 heterocycles. The molecule has 2 aliphatic heterocycles. The van der Waals surface area contributed by atoms with Crippen LogP contribution in [0.1, 0.15) is 39.3 Å². The van der Waals surface area contributed by atoms with Crippen LogP contribution in [0.4, 0.5) is 0 Å². The van der Waals surface area contributed by atoms with Crippen molar-refractivity contribution in [2.45, 2.75) is 45.6 Å². The van der Waals surface area contributed by atoms with E-state index in [0.717, 1.165) is 45.1 Å². The number of ether oxygens (including phenoxy) is 1. The van der Waals surface area contributed by atoms with Gasteiger partial charge in [0.25, 0.3) is 5.56 Å². The predicted molar refractivity (Wildman–Crippen MR) is 90.7 cm³/mol. The molecule has 0 aromatic carbocycles. The molecule has 0 amide bonds. The first-order chi connectivity index (χ1) is 10.9. The zero-order valence-corrected chi connectivity index (χ0v) is 14.6. The maximum atomic E-state index is 12.0. The van der Waals surface area contributed by atoms with Crippen LogP contribution in [0.25, 0.3) is 0 Å². The molecule has 1 atom stereocenters. The average molecular weight is 319 g/mol. The van der Waals surface area contributed by atoms with Crippen LogP contribution in [0.5, 0.6) is 0 Å². The highest BCUT2D eigenvalue weighted by atomic mass is 16.5. The van der Waals surface area contributed by atoms with Gasteiger partial charge in [0.05, 0.1) is 18.8 Å². The highest BCUT2D eigenvalue weighted by molar-refractivity contribution is 5.10. The zero-order chi connectivity index (χ0) is 16.4. The molecule has 0 N–H and O–H groups in total. The van der Waals surface area contributed by atoms with Crippen molar-refractivity contribution in [2.75, 3.05) is 32.8 Å². The summed E-state index contributed by atoms with van der Waals surface area (Å²) in [6, 6.07) is 3.51. The molecular formula is C18H29N3O2. The maximum Gasteiger partial charge on any atom is 0.266 e. The lowest BCUT2D eigenvalue weighted by molar-refractivity contribution is 0.00786. The smallest absolute Gasteiger partial charge is 0.266 e. The summed E-state index contributed by atoms with van der Waals surface area (Å²) in [6.45, 7) is 12.2. The van der Waals surface area contributed by atoms with Gasteiger partial charge in [0, 0.05) is 43.6 Å². The Morgan fingerprint density at radius 1 is 1.22 bits per heavy atom. The molecule has 128 valence electrons. The fourth-order valence-corrected chi connectivity index (χ4v) is 3.48. The van der Waals surface area contributed by atoms with Crippen LogP contribution < -0.4 is 5.56 Å². The third-order valence-corrected chi connectivity index (χ3v) is 4.87. The summed E-state index contributed by atoms with van der Waals surface area (Å²) in [4.78, 5) is 14.5. The lowest BCUT2D eigenvalue weighted by Gasteiger charge is -2.41. The molecule has 23 heavy (non-hydrogen) atoms. The van der Waals surface area contributed by atoms with Crippen LogP contribution >= 0.6 is 0 Å². The Balaban J connectivity index is 1.52. The van der Waals surface area contributed by atoms with Gasteiger partial charge >= 0.3 is 0 Å². The molecule has 2 aliphatic rings. The van der Waals surface area contributed by atoms with E-state index in [0.29, 0.717) is 11.8 Å². The number of rotatable bonds is 4. The molecule has 5 heteroatoms. The standard InChI is InChI=1S/C18H29N3O2/c1-18(2,3)16-6-7-17(22)21(19-16)12-15-10-20(11-15)9-14-5-4-8-23-13-14/h6-7,14-15H,4-5,8-13H2,1-3H3. The van der Waals surface area contributed by atoms with Crippen LogP contribution in [-0.2, 0) is 16.7 Å². The molecule has 2 saturated heterocycles. The van der Waals surface area contributed by atoms with E-state index in [1.807, 2.05) is 6.07 Å².